The smallest absolute Gasteiger partial charge is 0.277 e. The highest BCUT2D eigenvalue weighted by Gasteiger charge is 2.26. The van der Waals surface area contributed by atoms with E-state index in [1.165, 1.54) is 12.7 Å². The second-order valence-electron chi connectivity index (χ2n) is 9.09. The average Bonchev–Trinajstić information content (AvgIpc) is 3.54. The van der Waals surface area contributed by atoms with Crippen molar-refractivity contribution >= 4 is 46.5 Å². The number of carbonyl (C=O) groups excluding carboxylic acids is 1. The summed E-state index contributed by atoms with van der Waals surface area (Å²) < 4.78 is 9.57. The number of halogens is 1. The molecule has 0 aliphatic carbocycles. The Kier molecular flexibility index (Phi) is 6.83. The number of fused-ring (bicyclic) bond motifs is 2. The predicted octanol–water partition coefficient (Wildman–Crippen LogP) is 3.46. The maximum atomic E-state index is 13.5. The molecular formula is C25H27ClN10O2. The van der Waals surface area contributed by atoms with Crippen LogP contribution in [0.15, 0.2) is 43.1 Å². The van der Waals surface area contributed by atoms with Crippen molar-refractivity contribution in [2.45, 2.75) is 32.7 Å². The molecule has 5 heterocycles. The number of nitrogens with one attached hydrogen (secondary N) is 2. The lowest BCUT2D eigenvalue weighted by molar-refractivity contribution is 0.102. The van der Waals surface area contributed by atoms with Crippen LogP contribution in [0, 0.1) is 13.8 Å². The fraction of sp³-hybridized carbons (Fsp3) is 0.280. The molecule has 0 spiro atoms. The molecule has 1 saturated heterocycles. The number of anilines is 2. The minimum absolute atomic E-state index is 0. The van der Waals surface area contributed by atoms with Crippen LogP contribution in [-0.4, -0.2) is 53.3 Å². The molecule has 1 aliphatic rings. The summed E-state index contributed by atoms with van der Waals surface area (Å²) in [7, 11) is 0. The van der Waals surface area contributed by atoms with Gasteiger partial charge in [-0.1, -0.05) is 0 Å². The minimum atomic E-state index is -0.373. The molecule has 0 saturated carbocycles. The average molecular weight is 535 g/mol. The number of benzene rings is 1. The van der Waals surface area contributed by atoms with E-state index in [1.54, 1.807) is 15.4 Å². The summed E-state index contributed by atoms with van der Waals surface area (Å²) in [5, 5.41) is 15.6. The molecule has 1 atom stereocenters. The number of carbonyl (C=O) groups is 1. The summed E-state index contributed by atoms with van der Waals surface area (Å²) in [6.07, 6.45) is 6.65. The Morgan fingerprint density at radius 2 is 2.03 bits per heavy atom. The molecule has 1 aromatic carbocycles. The summed E-state index contributed by atoms with van der Waals surface area (Å²) in [4.78, 5) is 26.2. The number of hydrogen-bond acceptors (Lipinski definition) is 9. The molecule has 13 heteroatoms. The quantitative estimate of drug-likeness (QED) is 0.308. The molecule has 4 aromatic heterocycles. The van der Waals surface area contributed by atoms with Crippen molar-refractivity contribution in [2.75, 3.05) is 24.1 Å². The van der Waals surface area contributed by atoms with Crippen LogP contribution in [-0.2, 0) is 0 Å². The van der Waals surface area contributed by atoms with E-state index in [0.717, 1.165) is 37.1 Å². The van der Waals surface area contributed by atoms with Crippen LogP contribution < -0.4 is 21.1 Å². The third-order valence-electron chi connectivity index (χ3n) is 6.82. The maximum absolute atomic E-state index is 13.5. The van der Waals surface area contributed by atoms with Gasteiger partial charge in [-0.3, -0.25) is 4.79 Å². The largest absolute Gasteiger partial charge is 0.457 e. The minimum Gasteiger partial charge on any atom is -0.457 e. The Labute approximate surface area is 224 Å². The molecule has 12 nitrogen and oxygen atoms in total. The van der Waals surface area contributed by atoms with Gasteiger partial charge in [0.1, 0.15) is 30.0 Å². The van der Waals surface area contributed by atoms with Gasteiger partial charge in [-0.15, -0.1) is 12.4 Å². The summed E-state index contributed by atoms with van der Waals surface area (Å²) in [5.74, 6) is 1.18. The van der Waals surface area contributed by atoms with E-state index >= 15 is 0 Å². The van der Waals surface area contributed by atoms with Gasteiger partial charge in [-0.2, -0.15) is 10.2 Å². The van der Waals surface area contributed by atoms with Crippen LogP contribution in [0.4, 0.5) is 11.5 Å². The van der Waals surface area contributed by atoms with Gasteiger partial charge < -0.3 is 21.1 Å². The second kappa shape index (κ2) is 10.2. The molecule has 1 amide bonds. The van der Waals surface area contributed by atoms with Gasteiger partial charge in [-0.25, -0.2) is 24.1 Å². The zero-order valence-electron chi connectivity index (χ0n) is 20.9. The van der Waals surface area contributed by atoms with Crippen molar-refractivity contribution in [3.63, 3.8) is 0 Å². The molecular weight excluding hydrogens is 508 g/mol. The third-order valence-corrected chi connectivity index (χ3v) is 6.82. The number of nitrogens with two attached hydrogens (primary N) is 1. The normalized spacial score (nSPS) is 15.4. The van der Waals surface area contributed by atoms with Crippen molar-refractivity contribution in [3.05, 3.63) is 59.9 Å². The lowest BCUT2D eigenvalue weighted by atomic mass is 10.1. The Morgan fingerprint density at radius 3 is 2.84 bits per heavy atom. The monoisotopic (exact) mass is 534 g/mol. The van der Waals surface area contributed by atoms with Gasteiger partial charge in [-0.05, 0) is 62.6 Å². The van der Waals surface area contributed by atoms with E-state index in [4.69, 9.17) is 10.5 Å². The Balaban J connectivity index is 0.00000294. The summed E-state index contributed by atoms with van der Waals surface area (Å²) >= 11 is 0. The highest BCUT2D eigenvalue weighted by atomic mass is 35.5. The number of ether oxygens (including phenoxy) is 1. The van der Waals surface area contributed by atoms with E-state index in [-0.39, 0.29) is 35.9 Å². The molecule has 0 unspecified atom stereocenters. The first kappa shape index (κ1) is 25.4. The summed E-state index contributed by atoms with van der Waals surface area (Å²) in [6, 6.07) is 7.36. The first-order valence-corrected chi connectivity index (χ1v) is 12.1. The Hall–Kier alpha value is -4.29. The lowest BCUT2D eigenvalue weighted by Gasteiger charge is -2.23. The lowest BCUT2D eigenvalue weighted by Crippen LogP contribution is -2.32. The molecule has 196 valence electrons. The zero-order valence-corrected chi connectivity index (χ0v) is 21.7. The molecule has 1 aliphatic heterocycles. The maximum Gasteiger partial charge on any atom is 0.277 e. The first-order chi connectivity index (χ1) is 18.0. The van der Waals surface area contributed by atoms with Crippen molar-refractivity contribution in [3.8, 4) is 11.5 Å². The van der Waals surface area contributed by atoms with Gasteiger partial charge in [0.2, 0.25) is 0 Å². The van der Waals surface area contributed by atoms with Crippen molar-refractivity contribution in [1.82, 2.24) is 39.7 Å². The molecule has 5 aromatic rings. The molecule has 0 radical (unpaired) electrons. The predicted molar refractivity (Wildman–Crippen MR) is 145 cm³/mol. The number of nitrogens with zero attached hydrogens (tertiary/aromatic N) is 7. The Morgan fingerprint density at radius 1 is 1.16 bits per heavy atom. The molecule has 1 fully saturated rings. The number of amides is 1. The number of nitrogen functional groups attached to an aromatic ring is 1. The van der Waals surface area contributed by atoms with Crippen LogP contribution in [0.1, 0.15) is 40.5 Å². The van der Waals surface area contributed by atoms with Gasteiger partial charge in [0.15, 0.2) is 17.0 Å². The zero-order chi connectivity index (χ0) is 25.5. The second-order valence-corrected chi connectivity index (χ2v) is 9.09. The number of pyridine rings is 1. The van der Waals surface area contributed by atoms with Crippen molar-refractivity contribution < 1.29 is 9.53 Å². The number of aromatic nitrogens is 7. The van der Waals surface area contributed by atoms with Crippen LogP contribution in [0.5, 0.6) is 11.5 Å². The highest BCUT2D eigenvalue weighted by Crippen LogP contribution is 2.32. The van der Waals surface area contributed by atoms with E-state index in [9.17, 15) is 4.79 Å². The fourth-order valence-corrected chi connectivity index (χ4v) is 4.66. The topological polar surface area (TPSA) is 150 Å². The number of rotatable bonds is 5. The summed E-state index contributed by atoms with van der Waals surface area (Å²) in [5.41, 5.74) is 10.1. The molecule has 6 rings (SSSR count). The third kappa shape index (κ3) is 4.48. The van der Waals surface area contributed by atoms with Crippen molar-refractivity contribution in [2.24, 2.45) is 0 Å². The van der Waals surface area contributed by atoms with Crippen LogP contribution in [0.2, 0.25) is 0 Å². The SMILES string of the molecule is Cc1c(NC(=O)c2nn([C@@H]3CCCNC3)c3ncnc(N)c23)ccc(Oc2ccn3ncnc3c2)c1C.Cl. The van der Waals surface area contributed by atoms with Crippen LogP contribution in [0.25, 0.3) is 16.7 Å². The van der Waals surface area contributed by atoms with Gasteiger partial charge in [0.25, 0.3) is 5.91 Å². The number of piperidine rings is 1. The van der Waals surface area contributed by atoms with E-state index in [1.807, 2.05) is 38.1 Å². The van der Waals surface area contributed by atoms with E-state index in [0.29, 0.717) is 33.9 Å². The van der Waals surface area contributed by atoms with E-state index < -0.39 is 0 Å². The molecule has 38 heavy (non-hydrogen) atoms. The van der Waals surface area contributed by atoms with Gasteiger partial charge in [0, 0.05) is 24.5 Å². The molecule has 4 N–H and O–H groups in total. The standard InChI is InChI=1S/C25H26N10O2.ClH/c1-14-15(2)19(37-17-7-9-34-20(10-17)28-13-31-34)6-5-18(14)32-25(36)22-21-23(26)29-12-30-24(21)35(33-22)16-4-3-8-27-11-16;/h5-7,9-10,12-13,16,27H,3-4,8,11H2,1-2H3,(H,32,36)(H2,26,29,30);1H/t16-;/m1./s1. The van der Waals surface area contributed by atoms with E-state index in [2.05, 4.69) is 35.8 Å². The van der Waals surface area contributed by atoms with Crippen LogP contribution in [0.3, 0.4) is 0 Å². The van der Waals surface area contributed by atoms with Crippen LogP contribution >= 0.6 is 12.4 Å². The fourth-order valence-electron chi connectivity index (χ4n) is 4.66. The highest BCUT2D eigenvalue weighted by molar-refractivity contribution is 6.13. The number of hydrogen-bond donors (Lipinski definition) is 3. The summed E-state index contributed by atoms with van der Waals surface area (Å²) in [6.45, 7) is 5.60. The Bertz CT molecular complexity index is 1640. The van der Waals surface area contributed by atoms with Gasteiger partial charge in [0.05, 0.1) is 11.4 Å². The molecule has 0 bridgehead atoms. The van der Waals surface area contributed by atoms with Gasteiger partial charge >= 0.3 is 0 Å². The first-order valence-electron chi connectivity index (χ1n) is 12.1. The van der Waals surface area contributed by atoms with Crippen molar-refractivity contribution in [1.29, 1.82) is 0 Å².